The van der Waals surface area contributed by atoms with Gasteiger partial charge in [-0.05, 0) is 62.4 Å². The third kappa shape index (κ3) is 4.52. The summed E-state index contributed by atoms with van der Waals surface area (Å²) < 4.78 is 46.6. The Morgan fingerprint density at radius 1 is 1.09 bits per heavy atom. The van der Waals surface area contributed by atoms with E-state index in [1.165, 1.54) is 0 Å². The van der Waals surface area contributed by atoms with Crippen molar-refractivity contribution in [1.29, 1.82) is 0 Å². The summed E-state index contributed by atoms with van der Waals surface area (Å²) in [4.78, 5) is 13.6. The summed E-state index contributed by atoms with van der Waals surface area (Å²) in [5.41, 5.74) is 5.05. The number of fused-ring (bicyclic) bond motifs is 4. The standard InChI is InChI=1S/C25H25F3N6O/c1-16-13-34(15-30-16)21-8-7-20(31-23(21)35-2)22-29-14-24(11-9-19(10-12-24)32-33-22)17-3-5-18(6-4-17)25(26,27)28/h3-8,13-15,19,32H,9-12H2,1-2H3. The lowest BCUT2D eigenvalue weighted by Crippen LogP contribution is -2.38. The third-order valence-electron chi connectivity index (χ3n) is 6.70. The van der Waals surface area contributed by atoms with Gasteiger partial charge in [0.05, 0.1) is 24.7 Å². The van der Waals surface area contributed by atoms with Gasteiger partial charge in [0.25, 0.3) is 0 Å². The van der Waals surface area contributed by atoms with Gasteiger partial charge >= 0.3 is 6.18 Å². The number of benzene rings is 1. The van der Waals surface area contributed by atoms with Crippen LogP contribution in [0.1, 0.15) is 48.2 Å². The number of imidazole rings is 1. The monoisotopic (exact) mass is 482 g/mol. The lowest BCUT2D eigenvalue weighted by Gasteiger charge is -2.37. The number of ether oxygens (including phenoxy) is 1. The summed E-state index contributed by atoms with van der Waals surface area (Å²) in [5.74, 6) is 0.792. The number of rotatable bonds is 4. The predicted molar refractivity (Wildman–Crippen MR) is 126 cm³/mol. The van der Waals surface area contributed by atoms with Gasteiger partial charge < -0.3 is 14.7 Å². The summed E-state index contributed by atoms with van der Waals surface area (Å²) in [6, 6.07) is 9.27. The highest BCUT2D eigenvalue weighted by molar-refractivity contribution is 6.03. The van der Waals surface area contributed by atoms with E-state index in [9.17, 15) is 13.2 Å². The summed E-state index contributed by atoms with van der Waals surface area (Å²) in [7, 11) is 1.55. The number of methoxy groups -OCH3 is 1. The zero-order valence-electron chi connectivity index (χ0n) is 19.4. The van der Waals surface area contributed by atoms with Crippen molar-refractivity contribution in [3.05, 3.63) is 71.4 Å². The van der Waals surface area contributed by atoms with Crippen molar-refractivity contribution in [1.82, 2.24) is 20.0 Å². The first-order chi connectivity index (χ1) is 16.8. The molecule has 0 unspecified atom stereocenters. The maximum Gasteiger partial charge on any atom is 0.416 e. The lowest BCUT2D eigenvalue weighted by molar-refractivity contribution is -0.137. The molecule has 3 aliphatic rings. The highest BCUT2D eigenvalue weighted by Gasteiger charge is 2.38. The second kappa shape index (κ2) is 8.83. The van der Waals surface area contributed by atoms with Crippen LogP contribution in [0.3, 0.4) is 0 Å². The van der Waals surface area contributed by atoms with E-state index < -0.39 is 17.2 Å². The number of nitrogens with one attached hydrogen (secondary N) is 1. The molecule has 0 saturated heterocycles. The van der Waals surface area contributed by atoms with Crippen molar-refractivity contribution < 1.29 is 17.9 Å². The normalized spacial score (nSPS) is 22.1. The van der Waals surface area contributed by atoms with Crippen LogP contribution in [0.5, 0.6) is 5.88 Å². The first-order valence-electron chi connectivity index (χ1n) is 11.4. The SMILES string of the molecule is COc1nc(C2=NNC3CCC(c4ccc(C(F)(F)F)cc4)(C=N2)CC3)ccc1-n1cnc(C)c1. The highest BCUT2D eigenvalue weighted by atomic mass is 19.4. The van der Waals surface area contributed by atoms with Crippen LogP contribution in [0.25, 0.3) is 5.69 Å². The Labute approximate surface area is 200 Å². The minimum atomic E-state index is -4.36. The van der Waals surface area contributed by atoms with Crippen LogP contribution in [0.2, 0.25) is 0 Å². The second-order valence-corrected chi connectivity index (χ2v) is 8.98. The Hall–Kier alpha value is -3.69. The number of aliphatic imine (C=N–C) groups is 1. The predicted octanol–water partition coefficient (Wildman–Crippen LogP) is 4.82. The van der Waals surface area contributed by atoms with Gasteiger partial charge in [-0.25, -0.2) is 15.0 Å². The van der Waals surface area contributed by atoms with Gasteiger partial charge in [0.15, 0.2) is 5.84 Å². The summed E-state index contributed by atoms with van der Waals surface area (Å²) >= 11 is 0. The quantitative estimate of drug-likeness (QED) is 0.579. The minimum Gasteiger partial charge on any atom is -0.479 e. The fraction of sp³-hybridized carbons (Fsp3) is 0.360. The number of pyridine rings is 1. The fourth-order valence-corrected chi connectivity index (χ4v) is 4.69. The lowest BCUT2D eigenvalue weighted by atomic mass is 9.69. The van der Waals surface area contributed by atoms with Crippen LogP contribution >= 0.6 is 0 Å². The number of halogens is 3. The molecule has 182 valence electrons. The molecule has 0 spiro atoms. The average molecular weight is 483 g/mol. The molecular formula is C25H25F3N6O. The van der Waals surface area contributed by atoms with Crippen molar-refractivity contribution in [2.24, 2.45) is 10.1 Å². The number of nitrogens with zero attached hydrogens (tertiary/aromatic N) is 5. The molecular weight excluding hydrogens is 457 g/mol. The van der Waals surface area contributed by atoms with Gasteiger partial charge in [-0.3, -0.25) is 0 Å². The van der Waals surface area contributed by atoms with Crippen molar-refractivity contribution in [3.8, 4) is 11.6 Å². The van der Waals surface area contributed by atoms with E-state index in [0.29, 0.717) is 17.4 Å². The maximum atomic E-state index is 13.1. The Kier molecular flexibility index (Phi) is 5.82. The molecule has 2 aliphatic heterocycles. The Balaban J connectivity index is 1.50. The van der Waals surface area contributed by atoms with Crippen molar-refractivity contribution >= 4 is 12.1 Å². The van der Waals surface area contributed by atoms with Gasteiger partial charge in [-0.2, -0.15) is 18.3 Å². The molecule has 4 heterocycles. The molecule has 1 saturated carbocycles. The van der Waals surface area contributed by atoms with E-state index in [4.69, 9.17) is 9.73 Å². The van der Waals surface area contributed by atoms with E-state index >= 15 is 0 Å². The maximum absolute atomic E-state index is 13.1. The Morgan fingerprint density at radius 2 is 1.83 bits per heavy atom. The zero-order chi connectivity index (χ0) is 24.6. The number of alkyl halides is 3. The molecule has 3 aromatic rings. The molecule has 0 atom stereocenters. The molecule has 7 nitrogen and oxygen atoms in total. The topological polar surface area (TPSA) is 76.7 Å². The molecule has 10 heteroatoms. The van der Waals surface area contributed by atoms with E-state index in [-0.39, 0.29) is 6.04 Å². The Morgan fingerprint density at radius 3 is 2.46 bits per heavy atom. The zero-order valence-corrected chi connectivity index (χ0v) is 19.4. The van der Waals surface area contributed by atoms with Crippen LogP contribution in [0.4, 0.5) is 13.2 Å². The van der Waals surface area contributed by atoms with Crippen LogP contribution in [0.15, 0.2) is 59.0 Å². The van der Waals surface area contributed by atoms with E-state index in [0.717, 1.165) is 54.8 Å². The first kappa shape index (κ1) is 23.1. The molecule has 35 heavy (non-hydrogen) atoms. The second-order valence-electron chi connectivity index (χ2n) is 8.98. The molecule has 1 N–H and O–H groups in total. The Bertz CT molecular complexity index is 1270. The summed E-state index contributed by atoms with van der Waals surface area (Å²) in [6.45, 7) is 1.90. The summed E-state index contributed by atoms with van der Waals surface area (Å²) in [5, 5.41) is 4.53. The van der Waals surface area contributed by atoms with E-state index in [1.807, 2.05) is 36.0 Å². The van der Waals surface area contributed by atoms with Crippen LogP contribution < -0.4 is 10.2 Å². The minimum absolute atomic E-state index is 0.157. The fourth-order valence-electron chi connectivity index (χ4n) is 4.69. The van der Waals surface area contributed by atoms with Gasteiger partial charge in [-0.1, -0.05) is 12.1 Å². The first-order valence-corrected chi connectivity index (χ1v) is 11.4. The van der Waals surface area contributed by atoms with Gasteiger partial charge in [-0.15, -0.1) is 0 Å². The molecule has 0 radical (unpaired) electrons. The molecule has 1 aliphatic carbocycles. The van der Waals surface area contributed by atoms with Crippen LogP contribution in [-0.4, -0.2) is 39.7 Å². The van der Waals surface area contributed by atoms with Crippen molar-refractivity contribution in [3.63, 3.8) is 0 Å². The van der Waals surface area contributed by atoms with E-state index in [2.05, 4.69) is 20.5 Å². The molecule has 2 bridgehead atoms. The molecule has 0 amide bonds. The molecule has 6 rings (SSSR count). The van der Waals surface area contributed by atoms with Crippen molar-refractivity contribution in [2.75, 3.05) is 7.11 Å². The number of aryl methyl sites for hydroxylation is 1. The third-order valence-corrected chi connectivity index (χ3v) is 6.70. The highest BCUT2D eigenvalue weighted by Crippen LogP contribution is 2.40. The number of hydrogen-bond donors (Lipinski definition) is 1. The van der Waals surface area contributed by atoms with Gasteiger partial charge in [0.2, 0.25) is 5.88 Å². The molecule has 1 fully saturated rings. The largest absolute Gasteiger partial charge is 0.479 e. The smallest absolute Gasteiger partial charge is 0.416 e. The van der Waals surface area contributed by atoms with Crippen molar-refractivity contribution in [2.45, 2.75) is 50.2 Å². The number of amidine groups is 1. The van der Waals surface area contributed by atoms with Gasteiger partial charge in [0.1, 0.15) is 11.4 Å². The number of aromatic nitrogens is 3. The molecule has 1 aromatic carbocycles. The van der Waals surface area contributed by atoms with Crippen LogP contribution in [0, 0.1) is 6.92 Å². The van der Waals surface area contributed by atoms with Gasteiger partial charge in [0, 0.05) is 23.9 Å². The average Bonchev–Trinajstić information content (AvgIpc) is 3.35. The summed E-state index contributed by atoms with van der Waals surface area (Å²) in [6.07, 6.45) is 4.23. The molecule has 2 aromatic heterocycles. The number of hydrazone groups is 1. The van der Waals surface area contributed by atoms with E-state index in [1.54, 1.807) is 25.6 Å². The number of hydrogen-bond acceptors (Lipinski definition) is 6. The van der Waals surface area contributed by atoms with Crippen LogP contribution in [-0.2, 0) is 11.6 Å².